The van der Waals surface area contributed by atoms with Gasteiger partial charge in [0.1, 0.15) is 4.60 Å². The van der Waals surface area contributed by atoms with Crippen molar-refractivity contribution in [3.63, 3.8) is 0 Å². The Hall–Kier alpha value is -0.410. The zero-order chi connectivity index (χ0) is 8.55. The smallest absolute Gasteiger partial charge is 0.110 e. The molecule has 0 amide bonds. The molecule has 12 heavy (non-hydrogen) atoms. The van der Waals surface area contributed by atoms with Crippen LogP contribution in [0.5, 0.6) is 0 Å². The van der Waals surface area contributed by atoms with Gasteiger partial charge in [-0.15, -0.1) is 0 Å². The third-order valence-corrected chi connectivity index (χ3v) is 2.86. The second-order valence-corrected chi connectivity index (χ2v) is 3.94. The van der Waals surface area contributed by atoms with Crippen LogP contribution in [-0.2, 0) is 0 Å². The van der Waals surface area contributed by atoms with Crippen molar-refractivity contribution in [2.75, 3.05) is 6.54 Å². The molecule has 1 aliphatic heterocycles. The summed E-state index contributed by atoms with van der Waals surface area (Å²) in [6.45, 7) is 3.20. The van der Waals surface area contributed by atoms with Crippen LogP contribution in [-0.4, -0.2) is 11.5 Å². The summed E-state index contributed by atoms with van der Waals surface area (Å²) in [6.07, 6.45) is 3.11. The highest BCUT2D eigenvalue weighted by Gasteiger charge is 2.21. The predicted molar refractivity (Wildman–Crippen MR) is 52.0 cm³/mol. The number of nitrogens with zero attached hydrogens (tertiary/aromatic N) is 1. The number of hydrogen-bond acceptors (Lipinski definition) is 2. The zero-order valence-corrected chi connectivity index (χ0v) is 8.56. The Morgan fingerprint density at radius 3 is 3.00 bits per heavy atom. The van der Waals surface area contributed by atoms with Crippen LogP contribution in [0.1, 0.15) is 23.6 Å². The molecular weight excluding hydrogens is 216 g/mol. The van der Waals surface area contributed by atoms with Crippen molar-refractivity contribution >= 4 is 15.9 Å². The summed E-state index contributed by atoms with van der Waals surface area (Å²) in [4.78, 5) is 4.26. The maximum absolute atomic E-state index is 4.26. The standard InChI is InChI=1S/C9H11BrN2/c1-6-4-7(8-2-3-11-8)9(10)12-5-6/h4-5,8,11H,2-3H2,1H3/t8-/m1/s1. The van der Waals surface area contributed by atoms with E-state index >= 15 is 0 Å². The summed E-state index contributed by atoms with van der Waals surface area (Å²) in [7, 11) is 0. The van der Waals surface area contributed by atoms with E-state index < -0.39 is 0 Å². The number of aromatic nitrogens is 1. The van der Waals surface area contributed by atoms with E-state index in [0.717, 1.165) is 11.1 Å². The van der Waals surface area contributed by atoms with Crippen LogP contribution < -0.4 is 5.32 Å². The minimum Gasteiger partial charge on any atom is -0.310 e. The Bertz CT molecular complexity index is 295. The Kier molecular flexibility index (Phi) is 2.15. The van der Waals surface area contributed by atoms with Gasteiger partial charge in [0.25, 0.3) is 0 Å². The van der Waals surface area contributed by atoms with Crippen molar-refractivity contribution in [3.8, 4) is 0 Å². The average molecular weight is 227 g/mol. The molecule has 1 fully saturated rings. The molecule has 2 rings (SSSR count). The van der Waals surface area contributed by atoms with Gasteiger partial charge in [-0.1, -0.05) is 6.07 Å². The van der Waals surface area contributed by atoms with Crippen molar-refractivity contribution in [3.05, 3.63) is 28.0 Å². The molecule has 3 heteroatoms. The van der Waals surface area contributed by atoms with E-state index in [0.29, 0.717) is 6.04 Å². The third-order valence-electron chi connectivity index (χ3n) is 2.20. The van der Waals surface area contributed by atoms with Crippen molar-refractivity contribution < 1.29 is 0 Å². The zero-order valence-electron chi connectivity index (χ0n) is 6.97. The van der Waals surface area contributed by atoms with Gasteiger partial charge in [0, 0.05) is 17.8 Å². The van der Waals surface area contributed by atoms with Gasteiger partial charge < -0.3 is 5.32 Å². The van der Waals surface area contributed by atoms with Crippen LogP contribution in [0.25, 0.3) is 0 Å². The normalized spacial score (nSPS) is 22.0. The van der Waals surface area contributed by atoms with Crippen molar-refractivity contribution in [2.45, 2.75) is 19.4 Å². The maximum Gasteiger partial charge on any atom is 0.110 e. The Morgan fingerprint density at radius 2 is 2.42 bits per heavy atom. The third kappa shape index (κ3) is 1.39. The lowest BCUT2D eigenvalue weighted by molar-refractivity contribution is 0.381. The molecule has 0 bridgehead atoms. The molecule has 1 atom stereocenters. The highest BCUT2D eigenvalue weighted by molar-refractivity contribution is 9.10. The lowest BCUT2D eigenvalue weighted by atomic mass is 9.99. The molecule has 1 aliphatic rings. The number of halogens is 1. The van der Waals surface area contributed by atoms with Gasteiger partial charge in [0.05, 0.1) is 0 Å². The fourth-order valence-electron chi connectivity index (χ4n) is 1.37. The molecule has 0 spiro atoms. The minimum absolute atomic E-state index is 0.520. The predicted octanol–water partition coefficient (Wildman–Crippen LogP) is 2.19. The van der Waals surface area contributed by atoms with E-state index in [9.17, 15) is 0 Å². The van der Waals surface area contributed by atoms with Crippen LogP contribution in [0.2, 0.25) is 0 Å². The van der Waals surface area contributed by atoms with Gasteiger partial charge in [0.2, 0.25) is 0 Å². The molecule has 2 heterocycles. The summed E-state index contributed by atoms with van der Waals surface area (Å²) in [5, 5.41) is 3.36. The molecule has 0 unspecified atom stereocenters. The first-order valence-corrected chi connectivity index (χ1v) is 4.92. The molecule has 0 aliphatic carbocycles. The van der Waals surface area contributed by atoms with Gasteiger partial charge >= 0.3 is 0 Å². The Balaban J connectivity index is 2.34. The van der Waals surface area contributed by atoms with Crippen molar-refractivity contribution in [2.24, 2.45) is 0 Å². The molecule has 1 N–H and O–H groups in total. The van der Waals surface area contributed by atoms with E-state index in [2.05, 4.69) is 39.2 Å². The van der Waals surface area contributed by atoms with Gasteiger partial charge in [-0.2, -0.15) is 0 Å². The average Bonchev–Trinajstić information content (AvgIpc) is 1.93. The van der Waals surface area contributed by atoms with E-state index in [1.807, 2.05) is 6.20 Å². The second-order valence-electron chi connectivity index (χ2n) is 3.19. The van der Waals surface area contributed by atoms with E-state index in [1.54, 1.807) is 0 Å². The van der Waals surface area contributed by atoms with Gasteiger partial charge in [-0.3, -0.25) is 0 Å². The number of pyridine rings is 1. The minimum atomic E-state index is 0.520. The highest BCUT2D eigenvalue weighted by Crippen LogP contribution is 2.28. The molecule has 1 aromatic heterocycles. The molecular formula is C9H11BrN2. The molecule has 1 saturated heterocycles. The second kappa shape index (κ2) is 3.15. The van der Waals surface area contributed by atoms with Crippen LogP contribution in [0.3, 0.4) is 0 Å². The van der Waals surface area contributed by atoms with Crippen LogP contribution in [0.15, 0.2) is 16.9 Å². The monoisotopic (exact) mass is 226 g/mol. The summed E-state index contributed by atoms with van der Waals surface area (Å²) in [5.41, 5.74) is 2.52. The van der Waals surface area contributed by atoms with Crippen LogP contribution in [0.4, 0.5) is 0 Å². The van der Waals surface area contributed by atoms with Gasteiger partial charge in [0.15, 0.2) is 0 Å². The van der Waals surface area contributed by atoms with E-state index in [4.69, 9.17) is 0 Å². The van der Waals surface area contributed by atoms with Gasteiger partial charge in [-0.05, 0) is 41.4 Å². The first kappa shape index (κ1) is 8.20. The Labute approximate surface area is 80.5 Å². The summed E-state index contributed by atoms with van der Waals surface area (Å²) < 4.78 is 0.977. The largest absolute Gasteiger partial charge is 0.310 e. The maximum atomic E-state index is 4.26. The molecule has 1 aromatic rings. The van der Waals surface area contributed by atoms with E-state index in [1.165, 1.54) is 17.5 Å². The summed E-state index contributed by atoms with van der Waals surface area (Å²) >= 11 is 3.45. The highest BCUT2D eigenvalue weighted by atomic mass is 79.9. The van der Waals surface area contributed by atoms with Gasteiger partial charge in [-0.25, -0.2) is 4.98 Å². The quantitative estimate of drug-likeness (QED) is 0.744. The van der Waals surface area contributed by atoms with Crippen LogP contribution in [0, 0.1) is 6.92 Å². The lowest BCUT2D eigenvalue weighted by Gasteiger charge is -2.28. The summed E-state index contributed by atoms with van der Waals surface area (Å²) in [6, 6.07) is 2.71. The first-order valence-electron chi connectivity index (χ1n) is 4.13. The number of rotatable bonds is 1. The molecule has 64 valence electrons. The summed E-state index contributed by atoms with van der Waals surface area (Å²) in [5.74, 6) is 0. The molecule has 2 nitrogen and oxygen atoms in total. The first-order chi connectivity index (χ1) is 5.77. The topological polar surface area (TPSA) is 24.9 Å². The SMILES string of the molecule is Cc1cnc(Br)c([C@H]2CCN2)c1. The Morgan fingerprint density at radius 1 is 1.67 bits per heavy atom. The molecule has 0 radical (unpaired) electrons. The molecule has 0 saturated carbocycles. The lowest BCUT2D eigenvalue weighted by Crippen LogP contribution is -2.35. The fourth-order valence-corrected chi connectivity index (χ4v) is 1.87. The molecule has 0 aromatic carbocycles. The number of nitrogens with one attached hydrogen (secondary N) is 1. The fraction of sp³-hybridized carbons (Fsp3) is 0.444. The van der Waals surface area contributed by atoms with Crippen LogP contribution >= 0.6 is 15.9 Å². The number of hydrogen-bond donors (Lipinski definition) is 1. The number of aryl methyl sites for hydroxylation is 1. The van der Waals surface area contributed by atoms with Crippen molar-refractivity contribution in [1.82, 2.24) is 10.3 Å². The van der Waals surface area contributed by atoms with Crippen molar-refractivity contribution in [1.29, 1.82) is 0 Å². The van der Waals surface area contributed by atoms with E-state index in [-0.39, 0.29) is 0 Å².